The summed E-state index contributed by atoms with van der Waals surface area (Å²) in [5, 5.41) is 15.3. The van der Waals surface area contributed by atoms with Crippen molar-refractivity contribution in [3.63, 3.8) is 0 Å². The predicted octanol–water partition coefficient (Wildman–Crippen LogP) is 1.93. The second-order valence-electron chi connectivity index (χ2n) is 4.59. The zero-order chi connectivity index (χ0) is 15.5. The number of carbonyl (C=O) groups excluding carboxylic acids is 1. The molecule has 2 aromatic heterocycles. The van der Waals surface area contributed by atoms with Crippen LogP contribution in [0.5, 0.6) is 0 Å². The van der Waals surface area contributed by atoms with Gasteiger partial charge in [0.2, 0.25) is 5.95 Å². The van der Waals surface area contributed by atoms with Gasteiger partial charge in [0.05, 0.1) is 22.8 Å². The van der Waals surface area contributed by atoms with Gasteiger partial charge in [0.25, 0.3) is 5.91 Å². The predicted molar refractivity (Wildman–Crippen MR) is 81.7 cm³/mol. The fraction of sp³-hybridized carbons (Fsp3) is 0.0667. The Hall–Kier alpha value is -3.40. The van der Waals surface area contributed by atoms with Crippen LogP contribution in [0.4, 0.5) is 11.6 Å². The lowest BCUT2D eigenvalue weighted by molar-refractivity contribution is 0.0959. The van der Waals surface area contributed by atoms with Crippen LogP contribution in [0.1, 0.15) is 16.1 Å². The average Bonchev–Trinajstić information content (AvgIpc) is 3.01. The standard InChI is InChI=1S/C15H12N6O/c1-17-14(22)13-5-11(8-18-13)20-15-19-7-10-3-2-9(6-16)4-12(10)21-15/h2-5,7-8,18H,1H3,(H,17,22)(H,19,20,21). The van der Waals surface area contributed by atoms with Crippen LogP contribution in [-0.2, 0) is 0 Å². The van der Waals surface area contributed by atoms with Gasteiger partial charge < -0.3 is 15.6 Å². The van der Waals surface area contributed by atoms with Crippen molar-refractivity contribution in [2.75, 3.05) is 12.4 Å². The van der Waals surface area contributed by atoms with Gasteiger partial charge in [0.1, 0.15) is 5.69 Å². The molecule has 1 aromatic carbocycles. The van der Waals surface area contributed by atoms with Gasteiger partial charge in [0.15, 0.2) is 0 Å². The molecule has 0 fully saturated rings. The summed E-state index contributed by atoms with van der Waals surface area (Å²) in [5.74, 6) is 0.191. The highest BCUT2D eigenvalue weighted by atomic mass is 16.1. The van der Waals surface area contributed by atoms with Crippen LogP contribution in [0.2, 0.25) is 0 Å². The van der Waals surface area contributed by atoms with E-state index in [0.29, 0.717) is 28.4 Å². The number of rotatable bonds is 3. The molecule has 0 spiro atoms. The zero-order valence-corrected chi connectivity index (χ0v) is 11.7. The first-order valence-corrected chi connectivity index (χ1v) is 6.54. The normalized spacial score (nSPS) is 10.2. The molecule has 0 radical (unpaired) electrons. The van der Waals surface area contributed by atoms with Crippen molar-refractivity contribution in [1.29, 1.82) is 5.26 Å². The summed E-state index contributed by atoms with van der Waals surface area (Å²) in [6.45, 7) is 0. The highest BCUT2D eigenvalue weighted by Crippen LogP contribution is 2.18. The minimum Gasteiger partial charge on any atom is -0.355 e. The van der Waals surface area contributed by atoms with E-state index in [1.165, 1.54) is 0 Å². The topological polar surface area (TPSA) is 106 Å². The van der Waals surface area contributed by atoms with Crippen molar-refractivity contribution < 1.29 is 4.79 Å². The molecule has 0 aliphatic rings. The Balaban J connectivity index is 1.89. The fourth-order valence-electron chi connectivity index (χ4n) is 2.01. The van der Waals surface area contributed by atoms with E-state index in [2.05, 4.69) is 31.7 Å². The molecule has 0 saturated carbocycles. The van der Waals surface area contributed by atoms with Gasteiger partial charge in [-0.1, -0.05) is 0 Å². The highest BCUT2D eigenvalue weighted by Gasteiger charge is 2.07. The minimum absolute atomic E-state index is 0.203. The molecule has 22 heavy (non-hydrogen) atoms. The van der Waals surface area contributed by atoms with Crippen LogP contribution in [0.25, 0.3) is 10.9 Å². The van der Waals surface area contributed by atoms with Gasteiger partial charge >= 0.3 is 0 Å². The first kappa shape index (κ1) is 13.6. The number of benzene rings is 1. The number of nitriles is 1. The molecule has 108 valence electrons. The molecule has 7 nitrogen and oxygen atoms in total. The monoisotopic (exact) mass is 292 g/mol. The summed E-state index contributed by atoms with van der Waals surface area (Å²) < 4.78 is 0. The number of aromatic amines is 1. The van der Waals surface area contributed by atoms with Crippen LogP contribution in [-0.4, -0.2) is 27.9 Å². The Morgan fingerprint density at radius 3 is 3.00 bits per heavy atom. The quantitative estimate of drug-likeness (QED) is 0.684. The Kier molecular flexibility index (Phi) is 3.42. The number of H-pyrrole nitrogens is 1. The van der Waals surface area contributed by atoms with E-state index in [9.17, 15) is 4.79 Å². The summed E-state index contributed by atoms with van der Waals surface area (Å²) >= 11 is 0. The number of fused-ring (bicyclic) bond motifs is 1. The molecular weight excluding hydrogens is 280 g/mol. The third-order valence-corrected chi connectivity index (χ3v) is 3.12. The lowest BCUT2D eigenvalue weighted by Gasteiger charge is -2.03. The fourth-order valence-corrected chi connectivity index (χ4v) is 2.01. The van der Waals surface area contributed by atoms with Crippen LogP contribution < -0.4 is 10.6 Å². The maximum Gasteiger partial charge on any atom is 0.267 e. The third kappa shape index (κ3) is 2.58. The number of amides is 1. The van der Waals surface area contributed by atoms with E-state index >= 15 is 0 Å². The molecule has 3 aromatic rings. The Labute approximate surface area is 126 Å². The van der Waals surface area contributed by atoms with Gasteiger partial charge in [-0.2, -0.15) is 5.26 Å². The Morgan fingerprint density at radius 1 is 1.36 bits per heavy atom. The molecule has 0 bridgehead atoms. The van der Waals surface area contributed by atoms with E-state index in [-0.39, 0.29) is 5.91 Å². The second-order valence-corrected chi connectivity index (χ2v) is 4.59. The van der Waals surface area contributed by atoms with Crippen molar-refractivity contribution in [2.24, 2.45) is 0 Å². The van der Waals surface area contributed by atoms with Crippen LogP contribution in [0.15, 0.2) is 36.7 Å². The lowest BCUT2D eigenvalue weighted by atomic mass is 10.2. The molecule has 0 saturated heterocycles. The smallest absolute Gasteiger partial charge is 0.267 e. The summed E-state index contributed by atoms with van der Waals surface area (Å²) in [5.41, 5.74) is 2.34. The molecule has 0 aliphatic carbocycles. The SMILES string of the molecule is CNC(=O)c1cc(Nc2ncc3ccc(C#N)cc3n2)c[nH]1. The van der Waals surface area contributed by atoms with E-state index in [1.807, 2.05) is 0 Å². The van der Waals surface area contributed by atoms with Crippen molar-refractivity contribution in [2.45, 2.75) is 0 Å². The summed E-state index contributed by atoms with van der Waals surface area (Å²) in [7, 11) is 1.56. The molecule has 3 N–H and O–H groups in total. The summed E-state index contributed by atoms with van der Waals surface area (Å²) in [6.07, 6.45) is 3.34. The Morgan fingerprint density at radius 2 is 2.23 bits per heavy atom. The Bertz CT molecular complexity index is 892. The van der Waals surface area contributed by atoms with Crippen LogP contribution in [0, 0.1) is 11.3 Å². The molecule has 0 atom stereocenters. The van der Waals surface area contributed by atoms with E-state index in [4.69, 9.17) is 5.26 Å². The number of nitrogens with zero attached hydrogens (tertiary/aromatic N) is 3. The first-order chi connectivity index (χ1) is 10.7. The summed E-state index contributed by atoms with van der Waals surface area (Å²) in [4.78, 5) is 22.9. The zero-order valence-electron chi connectivity index (χ0n) is 11.7. The largest absolute Gasteiger partial charge is 0.355 e. The number of nitrogens with one attached hydrogen (secondary N) is 3. The molecule has 3 rings (SSSR count). The number of hydrogen-bond acceptors (Lipinski definition) is 5. The maximum absolute atomic E-state index is 11.5. The van der Waals surface area contributed by atoms with E-state index in [1.54, 1.807) is 43.7 Å². The number of carbonyl (C=O) groups is 1. The number of hydrogen-bond donors (Lipinski definition) is 3. The maximum atomic E-state index is 11.5. The highest BCUT2D eigenvalue weighted by molar-refractivity contribution is 5.93. The number of aromatic nitrogens is 3. The summed E-state index contributed by atoms with van der Waals surface area (Å²) in [6, 6.07) is 8.97. The van der Waals surface area contributed by atoms with Gasteiger partial charge in [-0.25, -0.2) is 9.97 Å². The van der Waals surface area contributed by atoms with Crippen LogP contribution in [0.3, 0.4) is 0 Å². The minimum atomic E-state index is -0.203. The van der Waals surface area contributed by atoms with Crippen LogP contribution >= 0.6 is 0 Å². The van der Waals surface area contributed by atoms with E-state index in [0.717, 1.165) is 5.39 Å². The van der Waals surface area contributed by atoms with Crippen molar-refractivity contribution >= 4 is 28.4 Å². The molecule has 1 amide bonds. The van der Waals surface area contributed by atoms with Gasteiger partial charge in [-0.15, -0.1) is 0 Å². The number of anilines is 2. The van der Waals surface area contributed by atoms with Crippen molar-refractivity contribution in [1.82, 2.24) is 20.3 Å². The van der Waals surface area contributed by atoms with Gasteiger partial charge in [-0.3, -0.25) is 4.79 Å². The van der Waals surface area contributed by atoms with Crippen molar-refractivity contribution in [3.8, 4) is 6.07 Å². The molecule has 0 unspecified atom stereocenters. The van der Waals surface area contributed by atoms with Crippen molar-refractivity contribution in [3.05, 3.63) is 47.9 Å². The average molecular weight is 292 g/mol. The van der Waals surface area contributed by atoms with Gasteiger partial charge in [0, 0.05) is 24.8 Å². The molecule has 2 heterocycles. The molecule has 7 heteroatoms. The third-order valence-electron chi connectivity index (χ3n) is 3.12. The second kappa shape index (κ2) is 5.54. The lowest BCUT2D eigenvalue weighted by Crippen LogP contribution is -2.17. The molecule has 0 aliphatic heterocycles. The van der Waals surface area contributed by atoms with Gasteiger partial charge in [-0.05, 0) is 24.3 Å². The first-order valence-electron chi connectivity index (χ1n) is 6.54. The molecular formula is C15H12N6O. The van der Waals surface area contributed by atoms with E-state index < -0.39 is 0 Å².